The summed E-state index contributed by atoms with van der Waals surface area (Å²) >= 11 is 0. The molecular formula is C12H20N2O. The van der Waals surface area contributed by atoms with E-state index in [0.29, 0.717) is 6.61 Å². The van der Waals surface area contributed by atoms with Crippen LogP contribution in [0.5, 0.6) is 0 Å². The molecule has 1 saturated carbocycles. The topological polar surface area (TPSA) is 37.2 Å². The number of aliphatic hydroxyl groups is 1. The van der Waals surface area contributed by atoms with E-state index in [4.69, 9.17) is 5.11 Å². The van der Waals surface area contributed by atoms with Crippen LogP contribution in [-0.4, -0.2) is 22.8 Å². The molecule has 1 aliphatic carbocycles. The Hall–Kier alpha value is -0.800. The molecule has 1 aliphatic rings. The Bertz CT molecular complexity index is 315. The van der Waals surface area contributed by atoms with Crippen LogP contribution in [0, 0.1) is 5.41 Å². The summed E-state index contributed by atoms with van der Waals surface area (Å²) in [6, 6.07) is 4.23. The maximum absolute atomic E-state index is 9.17. The number of aliphatic hydroxyl groups excluding tert-OH is 1. The maximum atomic E-state index is 9.17. The minimum atomic E-state index is 0.212. The molecule has 0 atom stereocenters. The zero-order valence-electron chi connectivity index (χ0n) is 9.37. The van der Waals surface area contributed by atoms with Crippen molar-refractivity contribution in [2.45, 2.75) is 32.9 Å². The number of aromatic nitrogens is 1. The normalized spacial score (nSPS) is 18.0. The molecule has 0 amide bonds. The lowest BCUT2D eigenvalue weighted by molar-refractivity contribution is 0.207. The van der Waals surface area contributed by atoms with Crippen LogP contribution in [0.25, 0.3) is 0 Å². The highest BCUT2D eigenvalue weighted by Gasteiger charge is 2.41. The third-order valence-electron chi connectivity index (χ3n) is 3.36. The van der Waals surface area contributed by atoms with Crippen molar-refractivity contribution in [3.63, 3.8) is 0 Å². The van der Waals surface area contributed by atoms with Gasteiger partial charge in [-0.15, -0.1) is 0 Å². The second-order valence-electron chi connectivity index (χ2n) is 4.55. The summed E-state index contributed by atoms with van der Waals surface area (Å²) in [5.41, 5.74) is 1.54. The van der Waals surface area contributed by atoms with Gasteiger partial charge in [-0.2, -0.15) is 0 Å². The number of rotatable bonds is 6. The molecule has 0 unspecified atom stereocenters. The molecule has 1 aromatic heterocycles. The molecule has 0 spiro atoms. The molecule has 2 N–H and O–H groups in total. The summed E-state index contributed by atoms with van der Waals surface area (Å²) in [4.78, 5) is 0. The van der Waals surface area contributed by atoms with E-state index in [9.17, 15) is 0 Å². The Morgan fingerprint density at radius 3 is 2.93 bits per heavy atom. The Kier molecular flexibility index (Phi) is 3.12. The first-order valence-corrected chi connectivity index (χ1v) is 5.75. The first kappa shape index (κ1) is 10.7. The Morgan fingerprint density at radius 1 is 1.53 bits per heavy atom. The van der Waals surface area contributed by atoms with Crippen LogP contribution in [-0.2, 0) is 13.1 Å². The molecule has 2 rings (SSSR count). The van der Waals surface area contributed by atoms with E-state index in [-0.39, 0.29) is 5.41 Å². The SMILES string of the molecule is CCn1cccc1CNCC1(CO)CC1. The lowest BCUT2D eigenvalue weighted by Gasteiger charge is -2.13. The smallest absolute Gasteiger partial charge is 0.0499 e. The molecule has 1 heterocycles. The van der Waals surface area contributed by atoms with Crippen molar-refractivity contribution in [1.29, 1.82) is 0 Å². The van der Waals surface area contributed by atoms with E-state index in [1.54, 1.807) is 0 Å². The lowest BCUT2D eigenvalue weighted by Crippen LogP contribution is -2.26. The van der Waals surface area contributed by atoms with Gasteiger partial charge in [0.15, 0.2) is 0 Å². The molecule has 1 aromatic rings. The fourth-order valence-electron chi connectivity index (χ4n) is 1.94. The molecular weight excluding hydrogens is 188 g/mol. The fraction of sp³-hybridized carbons (Fsp3) is 0.667. The number of hydrogen-bond donors (Lipinski definition) is 2. The standard InChI is InChI=1S/C12H20N2O/c1-2-14-7-3-4-11(14)8-13-9-12(10-15)5-6-12/h3-4,7,13,15H,2,5-6,8-10H2,1H3. The molecule has 0 bridgehead atoms. The van der Waals surface area contributed by atoms with Gasteiger partial charge >= 0.3 is 0 Å². The maximum Gasteiger partial charge on any atom is 0.0499 e. The summed E-state index contributed by atoms with van der Waals surface area (Å²) in [5, 5.41) is 12.6. The van der Waals surface area contributed by atoms with Gasteiger partial charge in [-0.25, -0.2) is 0 Å². The van der Waals surface area contributed by atoms with E-state index in [2.05, 4.69) is 35.1 Å². The second kappa shape index (κ2) is 4.37. The number of nitrogens with zero attached hydrogens (tertiary/aromatic N) is 1. The predicted molar refractivity (Wildman–Crippen MR) is 60.6 cm³/mol. The van der Waals surface area contributed by atoms with Gasteiger partial charge in [0, 0.05) is 43.5 Å². The largest absolute Gasteiger partial charge is 0.396 e. The van der Waals surface area contributed by atoms with E-state index in [0.717, 1.165) is 19.6 Å². The Labute approximate surface area is 91.1 Å². The van der Waals surface area contributed by atoms with Crippen LogP contribution >= 0.6 is 0 Å². The second-order valence-corrected chi connectivity index (χ2v) is 4.55. The predicted octanol–water partition coefficient (Wildman–Crippen LogP) is 1.37. The fourth-order valence-corrected chi connectivity index (χ4v) is 1.94. The number of hydrogen-bond acceptors (Lipinski definition) is 2. The first-order chi connectivity index (χ1) is 7.29. The van der Waals surface area contributed by atoms with E-state index in [1.165, 1.54) is 18.5 Å². The molecule has 1 fully saturated rings. The molecule has 0 saturated heterocycles. The van der Waals surface area contributed by atoms with Crippen molar-refractivity contribution < 1.29 is 5.11 Å². The van der Waals surface area contributed by atoms with Crippen LogP contribution in [0.3, 0.4) is 0 Å². The van der Waals surface area contributed by atoms with Crippen LogP contribution < -0.4 is 5.32 Å². The van der Waals surface area contributed by atoms with Gasteiger partial charge in [-0.1, -0.05) is 0 Å². The van der Waals surface area contributed by atoms with Crippen molar-refractivity contribution in [3.8, 4) is 0 Å². The highest BCUT2D eigenvalue weighted by atomic mass is 16.3. The van der Waals surface area contributed by atoms with Crippen molar-refractivity contribution >= 4 is 0 Å². The summed E-state index contributed by atoms with van der Waals surface area (Å²) in [6.45, 7) is 5.35. The minimum absolute atomic E-state index is 0.212. The van der Waals surface area contributed by atoms with Crippen LogP contribution in [0.15, 0.2) is 18.3 Å². The average molecular weight is 208 g/mol. The van der Waals surface area contributed by atoms with Gasteiger partial charge in [0.25, 0.3) is 0 Å². The summed E-state index contributed by atoms with van der Waals surface area (Å²) < 4.78 is 2.24. The van der Waals surface area contributed by atoms with E-state index in [1.807, 2.05) is 0 Å². The number of aryl methyl sites for hydroxylation is 1. The van der Waals surface area contributed by atoms with E-state index >= 15 is 0 Å². The van der Waals surface area contributed by atoms with Gasteiger partial charge in [-0.05, 0) is 31.9 Å². The Morgan fingerprint density at radius 2 is 2.33 bits per heavy atom. The molecule has 0 aromatic carbocycles. The molecule has 15 heavy (non-hydrogen) atoms. The molecule has 3 heteroatoms. The molecule has 0 radical (unpaired) electrons. The molecule has 84 valence electrons. The Balaban J connectivity index is 1.78. The highest BCUT2D eigenvalue weighted by molar-refractivity contribution is 5.07. The van der Waals surface area contributed by atoms with Crippen molar-refractivity contribution in [2.24, 2.45) is 5.41 Å². The summed E-state index contributed by atoms with van der Waals surface area (Å²) in [5.74, 6) is 0. The molecule has 0 aliphatic heterocycles. The summed E-state index contributed by atoms with van der Waals surface area (Å²) in [6.07, 6.45) is 4.45. The van der Waals surface area contributed by atoms with Crippen LogP contribution in [0.1, 0.15) is 25.5 Å². The first-order valence-electron chi connectivity index (χ1n) is 5.75. The van der Waals surface area contributed by atoms with Crippen molar-refractivity contribution in [3.05, 3.63) is 24.0 Å². The van der Waals surface area contributed by atoms with Crippen molar-refractivity contribution in [2.75, 3.05) is 13.2 Å². The van der Waals surface area contributed by atoms with Gasteiger partial charge < -0.3 is 15.0 Å². The molecule has 3 nitrogen and oxygen atoms in total. The third kappa shape index (κ3) is 2.41. The van der Waals surface area contributed by atoms with Crippen LogP contribution in [0.2, 0.25) is 0 Å². The quantitative estimate of drug-likeness (QED) is 0.741. The monoisotopic (exact) mass is 208 g/mol. The highest BCUT2D eigenvalue weighted by Crippen LogP contribution is 2.44. The minimum Gasteiger partial charge on any atom is -0.396 e. The van der Waals surface area contributed by atoms with Crippen LogP contribution in [0.4, 0.5) is 0 Å². The van der Waals surface area contributed by atoms with E-state index < -0.39 is 0 Å². The van der Waals surface area contributed by atoms with Gasteiger partial charge in [0.2, 0.25) is 0 Å². The lowest BCUT2D eigenvalue weighted by atomic mass is 10.1. The van der Waals surface area contributed by atoms with Gasteiger partial charge in [0.1, 0.15) is 0 Å². The van der Waals surface area contributed by atoms with Crippen molar-refractivity contribution in [1.82, 2.24) is 9.88 Å². The summed E-state index contributed by atoms with van der Waals surface area (Å²) in [7, 11) is 0. The zero-order valence-corrected chi connectivity index (χ0v) is 9.37. The average Bonchev–Trinajstić information content (AvgIpc) is 2.90. The van der Waals surface area contributed by atoms with Gasteiger partial charge in [-0.3, -0.25) is 0 Å². The van der Waals surface area contributed by atoms with Gasteiger partial charge in [0.05, 0.1) is 0 Å². The number of nitrogens with one attached hydrogen (secondary N) is 1. The third-order valence-corrected chi connectivity index (χ3v) is 3.36. The zero-order chi connectivity index (χ0) is 10.7.